The molecule has 21 heavy (non-hydrogen) atoms. The monoisotopic (exact) mass is 286 g/mol. The highest BCUT2D eigenvalue weighted by molar-refractivity contribution is 5.81. The molecule has 1 aromatic rings. The second kappa shape index (κ2) is 5.82. The molecule has 2 nitrogen and oxygen atoms in total. The Balaban J connectivity index is 1.63. The summed E-state index contributed by atoms with van der Waals surface area (Å²) in [5.41, 5.74) is 2.59. The van der Waals surface area contributed by atoms with E-state index in [1.807, 2.05) is 0 Å². The molecule has 1 aliphatic heterocycles. The summed E-state index contributed by atoms with van der Waals surface area (Å²) in [4.78, 5) is 12.2. The molecular weight excluding hydrogens is 260 g/mol. The number of aryl methyl sites for hydroxylation is 1. The lowest BCUT2D eigenvalue weighted by Crippen LogP contribution is -2.31. The molecular formula is C19H26O2. The molecule has 0 radical (unpaired) electrons. The molecule has 2 aliphatic rings. The molecule has 3 unspecified atom stereocenters. The van der Waals surface area contributed by atoms with Crippen molar-refractivity contribution in [1.29, 1.82) is 0 Å². The average molecular weight is 286 g/mol. The van der Waals surface area contributed by atoms with Gasteiger partial charge in [-0.1, -0.05) is 31.5 Å². The van der Waals surface area contributed by atoms with Crippen molar-refractivity contribution < 1.29 is 9.53 Å². The number of carbonyl (C=O) groups excluding carboxylic acids is 1. The van der Waals surface area contributed by atoms with Gasteiger partial charge in [0.2, 0.25) is 0 Å². The van der Waals surface area contributed by atoms with E-state index < -0.39 is 0 Å². The van der Waals surface area contributed by atoms with Crippen LogP contribution in [-0.2, 0) is 11.2 Å². The maximum atomic E-state index is 12.2. The molecule has 1 heterocycles. The second-order valence-electron chi connectivity index (χ2n) is 7.23. The van der Waals surface area contributed by atoms with Crippen LogP contribution in [0.15, 0.2) is 18.2 Å². The summed E-state index contributed by atoms with van der Waals surface area (Å²) in [5.74, 6) is 3.09. The molecule has 1 fully saturated rings. The van der Waals surface area contributed by atoms with Gasteiger partial charge in [0, 0.05) is 18.8 Å². The second-order valence-corrected chi connectivity index (χ2v) is 7.23. The topological polar surface area (TPSA) is 26.3 Å². The Morgan fingerprint density at radius 2 is 2.14 bits per heavy atom. The number of ether oxygens (including phenoxy) is 1. The van der Waals surface area contributed by atoms with E-state index in [-0.39, 0.29) is 12.0 Å². The summed E-state index contributed by atoms with van der Waals surface area (Å²) in [7, 11) is 0. The first-order chi connectivity index (χ1) is 10.0. The molecule has 0 saturated heterocycles. The Morgan fingerprint density at radius 1 is 1.33 bits per heavy atom. The van der Waals surface area contributed by atoms with Crippen LogP contribution in [-0.4, -0.2) is 11.9 Å². The predicted molar refractivity (Wildman–Crippen MR) is 84.6 cm³/mol. The molecule has 1 aliphatic carbocycles. The van der Waals surface area contributed by atoms with Gasteiger partial charge in [0.05, 0.1) is 0 Å². The van der Waals surface area contributed by atoms with E-state index in [0.717, 1.165) is 37.9 Å². The quantitative estimate of drug-likeness (QED) is 0.826. The summed E-state index contributed by atoms with van der Waals surface area (Å²) in [6, 6.07) is 6.39. The van der Waals surface area contributed by atoms with Gasteiger partial charge >= 0.3 is 0 Å². The van der Waals surface area contributed by atoms with Crippen LogP contribution in [0.3, 0.4) is 0 Å². The van der Waals surface area contributed by atoms with Crippen LogP contribution in [0.25, 0.3) is 0 Å². The summed E-state index contributed by atoms with van der Waals surface area (Å²) in [6.07, 6.45) is 4.97. The number of Topliss-reactive ketones (excluding diaryl/α,β-unsaturated/α-hetero) is 1. The zero-order chi connectivity index (χ0) is 15.0. The third-order valence-corrected chi connectivity index (χ3v) is 5.25. The van der Waals surface area contributed by atoms with Crippen LogP contribution in [0.2, 0.25) is 0 Å². The smallest absolute Gasteiger partial charge is 0.136 e. The minimum atomic E-state index is 0.196. The highest BCUT2D eigenvalue weighted by Gasteiger charge is 2.34. The lowest BCUT2D eigenvalue weighted by Gasteiger charge is -2.31. The van der Waals surface area contributed by atoms with Crippen molar-refractivity contribution in [3.63, 3.8) is 0 Å². The number of hydrogen-bond acceptors (Lipinski definition) is 2. The van der Waals surface area contributed by atoms with Gasteiger partial charge in [-0.25, -0.2) is 0 Å². The lowest BCUT2D eigenvalue weighted by molar-refractivity contribution is -0.126. The minimum Gasteiger partial charge on any atom is -0.490 e. The normalized spacial score (nSPS) is 28.6. The van der Waals surface area contributed by atoms with E-state index in [1.165, 1.54) is 11.1 Å². The molecule has 2 heteroatoms. The lowest BCUT2D eigenvalue weighted by atomic mass is 9.73. The van der Waals surface area contributed by atoms with Gasteiger partial charge in [0.15, 0.2) is 0 Å². The average Bonchev–Trinajstić information content (AvgIpc) is 2.82. The van der Waals surface area contributed by atoms with Crippen LogP contribution in [0.5, 0.6) is 5.75 Å². The van der Waals surface area contributed by atoms with Gasteiger partial charge in [-0.3, -0.25) is 4.79 Å². The van der Waals surface area contributed by atoms with Gasteiger partial charge in [0.25, 0.3) is 0 Å². The van der Waals surface area contributed by atoms with E-state index >= 15 is 0 Å². The van der Waals surface area contributed by atoms with E-state index in [4.69, 9.17) is 4.74 Å². The Kier molecular flexibility index (Phi) is 4.05. The largest absolute Gasteiger partial charge is 0.490 e. The van der Waals surface area contributed by atoms with Gasteiger partial charge in [-0.15, -0.1) is 0 Å². The number of carbonyl (C=O) groups is 1. The van der Waals surface area contributed by atoms with Crippen molar-refractivity contribution in [2.24, 2.45) is 17.8 Å². The van der Waals surface area contributed by atoms with Crippen molar-refractivity contribution in [3.05, 3.63) is 29.3 Å². The molecule has 114 valence electrons. The molecule has 0 aromatic heterocycles. The standard InChI is InChI=1S/C19H26O2/c1-12(2)14-5-6-18(20)15(9-14)10-17-11-16-8-13(3)4-7-19(16)21-17/h4,7-8,12,14-15,17H,5-6,9-11H2,1-3H3. The third kappa shape index (κ3) is 3.14. The van der Waals surface area contributed by atoms with Crippen molar-refractivity contribution in [1.82, 2.24) is 0 Å². The number of rotatable bonds is 3. The highest BCUT2D eigenvalue weighted by atomic mass is 16.5. The minimum absolute atomic E-state index is 0.196. The summed E-state index contributed by atoms with van der Waals surface area (Å²) in [5, 5.41) is 0. The number of benzene rings is 1. The van der Waals surface area contributed by atoms with Crippen LogP contribution in [0, 0.1) is 24.7 Å². The molecule has 1 aromatic carbocycles. The Labute approximate surface area is 127 Å². The summed E-state index contributed by atoms with van der Waals surface area (Å²) >= 11 is 0. The van der Waals surface area contributed by atoms with Gasteiger partial charge in [-0.2, -0.15) is 0 Å². The Hall–Kier alpha value is -1.31. The van der Waals surface area contributed by atoms with Crippen molar-refractivity contribution in [3.8, 4) is 5.75 Å². The van der Waals surface area contributed by atoms with Crippen LogP contribution < -0.4 is 4.74 Å². The predicted octanol–water partition coefficient (Wildman–Crippen LogP) is 4.33. The molecule has 0 bridgehead atoms. The molecule has 0 spiro atoms. The summed E-state index contributed by atoms with van der Waals surface area (Å²) in [6.45, 7) is 6.68. The Bertz CT molecular complexity index is 532. The number of fused-ring (bicyclic) bond motifs is 1. The SMILES string of the molecule is Cc1ccc2c(c1)CC(CC1CC(C(C)C)CCC1=O)O2. The maximum Gasteiger partial charge on any atom is 0.136 e. The third-order valence-electron chi connectivity index (χ3n) is 5.25. The molecule has 3 rings (SSSR count). The Morgan fingerprint density at radius 3 is 2.90 bits per heavy atom. The van der Waals surface area contributed by atoms with Gasteiger partial charge < -0.3 is 4.74 Å². The van der Waals surface area contributed by atoms with Crippen LogP contribution in [0.4, 0.5) is 0 Å². The molecule has 0 amide bonds. The van der Waals surface area contributed by atoms with Crippen molar-refractivity contribution in [2.75, 3.05) is 0 Å². The zero-order valence-corrected chi connectivity index (χ0v) is 13.4. The molecule has 1 saturated carbocycles. The van der Waals surface area contributed by atoms with Crippen molar-refractivity contribution in [2.45, 2.75) is 59.0 Å². The van der Waals surface area contributed by atoms with E-state index in [9.17, 15) is 4.79 Å². The van der Waals surface area contributed by atoms with Crippen LogP contribution in [0.1, 0.15) is 50.7 Å². The molecule has 3 atom stereocenters. The fraction of sp³-hybridized carbons (Fsp3) is 0.632. The van der Waals surface area contributed by atoms with Gasteiger partial charge in [-0.05, 0) is 49.7 Å². The first-order valence-corrected chi connectivity index (χ1v) is 8.32. The number of ketones is 1. The number of hydrogen-bond donors (Lipinski definition) is 0. The summed E-state index contributed by atoms with van der Waals surface area (Å²) < 4.78 is 6.06. The van der Waals surface area contributed by atoms with Gasteiger partial charge in [0.1, 0.15) is 17.6 Å². The first-order valence-electron chi connectivity index (χ1n) is 8.32. The van der Waals surface area contributed by atoms with E-state index in [2.05, 4.69) is 39.0 Å². The van der Waals surface area contributed by atoms with E-state index in [0.29, 0.717) is 17.6 Å². The highest BCUT2D eigenvalue weighted by Crippen LogP contribution is 2.37. The van der Waals surface area contributed by atoms with E-state index in [1.54, 1.807) is 0 Å². The first kappa shape index (κ1) is 14.6. The molecule has 0 N–H and O–H groups in total. The fourth-order valence-corrected chi connectivity index (χ4v) is 3.88. The zero-order valence-electron chi connectivity index (χ0n) is 13.4. The maximum absolute atomic E-state index is 12.2. The fourth-order valence-electron chi connectivity index (χ4n) is 3.88. The van der Waals surface area contributed by atoms with Crippen LogP contribution >= 0.6 is 0 Å². The van der Waals surface area contributed by atoms with Crippen molar-refractivity contribution >= 4 is 5.78 Å².